The van der Waals surface area contributed by atoms with Gasteiger partial charge in [0, 0.05) is 20.7 Å². The van der Waals surface area contributed by atoms with Gasteiger partial charge < -0.3 is 20.3 Å². The SMILES string of the molecule is COCCNC(=O)[C@H](C(C)C)N1CC2=C(C1=O)[C@H](c1ccccc1C(F)(F)F)NC(=O)N2C. The molecule has 0 aromatic heterocycles. The fraction of sp³-hybridized carbons (Fsp3) is 0.500. The van der Waals surface area contributed by atoms with Crippen LogP contribution in [0.25, 0.3) is 0 Å². The highest BCUT2D eigenvalue weighted by Gasteiger charge is 2.48. The minimum absolute atomic E-state index is 0.0316. The summed E-state index contributed by atoms with van der Waals surface area (Å²) in [5.74, 6) is -1.27. The zero-order valence-electron chi connectivity index (χ0n) is 18.8. The summed E-state index contributed by atoms with van der Waals surface area (Å²) in [6.07, 6.45) is -4.67. The Morgan fingerprint density at radius 1 is 1.27 bits per heavy atom. The van der Waals surface area contributed by atoms with Crippen LogP contribution in [0.5, 0.6) is 0 Å². The number of amides is 4. The summed E-state index contributed by atoms with van der Waals surface area (Å²) in [6, 6.07) is 2.04. The smallest absolute Gasteiger partial charge is 0.383 e. The van der Waals surface area contributed by atoms with E-state index in [4.69, 9.17) is 4.74 Å². The maximum absolute atomic E-state index is 13.7. The van der Waals surface area contributed by atoms with E-state index in [0.717, 1.165) is 6.07 Å². The predicted octanol–water partition coefficient (Wildman–Crippen LogP) is 2.29. The first-order chi connectivity index (χ1) is 15.5. The molecule has 3 rings (SSSR count). The van der Waals surface area contributed by atoms with Crippen molar-refractivity contribution in [3.63, 3.8) is 0 Å². The number of urea groups is 1. The van der Waals surface area contributed by atoms with Gasteiger partial charge in [-0.2, -0.15) is 13.2 Å². The van der Waals surface area contributed by atoms with Gasteiger partial charge in [-0.25, -0.2) is 4.79 Å². The number of methoxy groups -OCH3 is 1. The summed E-state index contributed by atoms with van der Waals surface area (Å²) in [7, 11) is 2.93. The Kier molecular flexibility index (Phi) is 7.01. The van der Waals surface area contributed by atoms with Crippen LogP contribution in [-0.4, -0.2) is 67.5 Å². The summed E-state index contributed by atoms with van der Waals surface area (Å²) in [4.78, 5) is 41.5. The molecule has 2 aliphatic rings. The first-order valence-electron chi connectivity index (χ1n) is 10.5. The Morgan fingerprint density at radius 2 is 1.94 bits per heavy atom. The van der Waals surface area contributed by atoms with Crippen LogP contribution >= 0.6 is 0 Å². The van der Waals surface area contributed by atoms with Crippen LogP contribution < -0.4 is 10.6 Å². The van der Waals surface area contributed by atoms with Gasteiger partial charge in [-0.05, 0) is 17.5 Å². The van der Waals surface area contributed by atoms with E-state index in [2.05, 4.69) is 10.6 Å². The third-order valence-electron chi connectivity index (χ3n) is 5.81. The molecule has 1 aromatic carbocycles. The summed E-state index contributed by atoms with van der Waals surface area (Å²) < 4.78 is 46.0. The standard InChI is InChI=1S/C22H27F3N4O4/c1-12(2)18(19(30)26-9-10-33-4)29-11-15-16(20(29)31)17(27-21(32)28(15)3)13-7-5-6-8-14(13)22(23,24)25/h5-8,12,17-18H,9-11H2,1-4H3,(H,26,30)(H,27,32)/t17-,18-/m0/s1. The van der Waals surface area contributed by atoms with Crippen LogP contribution in [0.4, 0.5) is 18.0 Å². The van der Waals surface area contributed by atoms with Crippen molar-refractivity contribution in [1.29, 1.82) is 0 Å². The van der Waals surface area contributed by atoms with Crippen molar-refractivity contribution in [1.82, 2.24) is 20.4 Å². The van der Waals surface area contributed by atoms with E-state index in [0.29, 0.717) is 0 Å². The van der Waals surface area contributed by atoms with Crippen LogP contribution in [0, 0.1) is 5.92 Å². The summed E-state index contributed by atoms with van der Waals surface area (Å²) in [6.45, 7) is 4.01. The van der Waals surface area contributed by atoms with Gasteiger partial charge in [0.05, 0.1) is 36.0 Å². The fourth-order valence-electron chi connectivity index (χ4n) is 4.24. The zero-order valence-corrected chi connectivity index (χ0v) is 18.8. The summed E-state index contributed by atoms with van der Waals surface area (Å²) in [5, 5.41) is 5.24. The molecule has 2 N–H and O–H groups in total. The largest absolute Gasteiger partial charge is 0.416 e. The molecule has 0 saturated heterocycles. The van der Waals surface area contributed by atoms with Crippen molar-refractivity contribution >= 4 is 17.8 Å². The number of nitrogens with zero attached hydrogens (tertiary/aromatic N) is 2. The molecule has 2 aliphatic heterocycles. The molecule has 0 unspecified atom stereocenters. The van der Waals surface area contributed by atoms with Gasteiger partial charge in [0.2, 0.25) is 5.91 Å². The van der Waals surface area contributed by atoms with Gasteiger partial charge in [0.25, 0.3) is 5.91 Å². The number of rotatable bonds is 7. The van der Waals surface area contributed by atoms with Gasteiger partial charge in [0.1, 0.15) is 6.04 Å². The maximum Gasteiger partial charge on any atom is 0.416 e. The Morgan fingerprint density at radius 3 is 2.55 bits per heavy atom. The average Bonchev–Trinajstić information content (AvgIpc) is 3.07. The lowest BCUT2D eigenvalue weighted by atomic mass is 9.91. The molecular weight excluding hydrogens is 441 g/mol. The molecule has 0 saturated carbocycles. The van der Waals surface area contributed by atoms with Crippen molar-refractivity contribution < 1.29 is 32.3 Å². The molecule has 0 bridgehead atoms. The number of nitrogens with one attached hydrogen (secondary N) is 2. The molecule has 8 nitrogen and oxygen atoms in total. The minimum atomic E-state index is -4.67. The zero-order chi connectivity index (χ0) is 24.5. The van der Waals surface area contributed by atoms with Gasteiger partial charge in [-0.15, -0.1) is 0 Å². The lowest BCUT2D eigenvalue weighted by Crippen LogP contribution is -2.51. The van der Waals surface area contributed by atoms with E-state index in [1.54, 1.807) is 13.8 Å². The van der Waals surface area contributed by atoms with E-state index >= 15 is 0 Å². The number of carbonyl (C=O) groups excluding carboxylic acids is 3. The number of likely N-dealkylation sites (N-methyl/N-ethyl adjacent to an activating group) is 1. The minimum Gasteiger partial charge on any atom is -0.383 e. The monoisotopic (exact) mass is 468 g/mol. The van der Waals surface area contributed by atoms with Crippen LogP contribution in [0.2, 0.25) is 0 Å². The first-order valence-corrected chi connectivity index (χ1v) is 10.5. The third-order valence-corrected chi connectivity index (χ3v) is 5.81. The van der Waals surface area contributed by atoms with Crippen molar-refractivity contribution in [2.24, 2.45) is 5.92 Å². The second kappa shape index (κ2) is 9.42. The molecule has 1 aromatic rings. The third kappa shape index (κ3) is 4.68. The Labute approximate surface area is 189 Å². The number of carbonyl (C=O) groups is 3. The van der Waals surface area contributed by atoms with Crippen molar-refractivity contribution in [2.45, 2.75) is 32.1 Å². The van der Waals surface area contributed by atoms with Crippen LogP contribution in [-0.2, 0) is 20.5 Å². The average molecular weight is 468 g/mol. The van der Waals surface area contributed by atoms with Crippen LogP contribution in [0.3, 0.4) is 0 Å². The van der Waals surface area contributed by atoms with E-state index in [9.17, 15) is 27.6 Å². The Balaban J connectivity index is 2.01. The summed E-state index contributed by atoms with van der Waals surface area (Å²) >= 11 is 0. The van der Waals surface area contributed by atoms with E-state index < -0.39 is 41.7 Å². The number of hydrogen-bond acceptors (Lipinski definition) is 4. The number of hydrogen-bond donors (Lipinski definition) is 2. The normalized spacial score (nSPS) is 19.7. The van der Waals surface area contributed by atoms with Gasteiger partial charge in [-0.1, -0.05) is 32.0 Å². The fourth-order valence-corrected chi connectivity index (χ4v) is 4.24. The second-order valence-corrected chi connectivity index (χ2v) is 8.29. The maximum atomic E-state index is 13.7. The number of benzene rings is 1. The molecule has 180 valence electrons. The Hall–Kier alpha value is -3.08. The van der Waals surface area contributed by atoms with Crippen LogP contribution in [0.1, 0.15) is 31.0 Å². The lowest BCUT2D eigenvalue weighted by molar-refractivity contribution is -0.139. The molecule has 0 spiro atoms. The number of halogens is 3. The van der Waals surface area contributed by atoms with Gasteiger partial charge in [0.15, 0.2) is 0 Å². The van der Waals surface area contributed by atoms with Crippen molar-refractivity contribution in [3.05, 3.63) is 46.7 Å². The highest BCUT2D eigenvalue weighted by Crippen LogP contribution is 2.41. The number of ether oxygens (including phenoxy) is 1. The van der Waals surface area contributed by atoms with Crippen molar-refractivity contribution in [3.8, 4) is 0 Å². The molecule has 2 heterocycles. The van der Waals surface area contributed by atoms with E-state index in [-0.39, 0.29) is 42.4 Å². The van der Waals surface area contributed by atoms with E-state index in [1.165, 1.54) is 42.2 Å². The van der Waals surface area contributed by atoms with Crippen molar-refractivity contribution in [2.75, 3.05) is 33.9 Å². The highest BCUT2D eigenvalue weighted by molar-refractivity contribution is 6.03. The number of alkyl halides is 3. The molecule has 4 amide bonds. The lowest BCUT2D eigenvalue weighted by Gasteiger charge is -2.32. The van der Waals surface area contributed by atoms with Crippen LogP contribution in [0.15, 0.2) is 35.5 Å². The Bertz CT molecular complexity index is 977. The molecule has 0 aliphatic carbocycles. The topological polar surface area (TPSA) is 91.0 Å². The first kappa shape index (κ1) is 24.6. The highest BCUT2D eigenvalue weighted by atomic mass is 19.4. The molecule has 2 atom stereocenters. The van der Waals surface area contributed by atoms with Gasteiger partial charge >= 0.3 is 12.2 Å². The predicted molar refractivity (Wildman–Crippen MR) is 113 cm³/mol. The van der Waals surface area contributed by atoms with E-state index in [1.807, 2.05) is 0 Å². The summed E-state index contributed by atoms with van der Waals surface area (Å²) in [5.41, 5.74) is -0.847. The molecule has 11 heteroatoms. The molecule has 33 heavy (non-hydrogen) atoms. The molecular formula is C22H27F3N4O4. The molecule has 0 radical (unpaired) electrons. The second-order valence-electron chi connectivity index (χ2n) is 8.29. The molecule has 0 fully saturated rings. The van der Waals surface area contributed by atoms with Gasteiger partial charge in [-0.3, -0.25) is 14.5 Å². The quantitative estimate of drug-likeness (QED) is 0.601.